The molecule has 2 rings (SSSR count). The summed E-state index contributed by atoms with van der Waals surface area (Å²) in [7, 11) is 0. The minimum Gasteiger partial charge on any atom is -0.322 e. The van der Waals surface area contributed by atoms with E-state index in [0.717, 1.165) is 11.3 Å². The molecule has 0 atom stereocenters. The molecule has 1 heterocycles. The smallest absolute Gasteiger partial charge is 0.257 e. The van der Waals surface area contributed by atoms with E-state index in [1.54, 1.807) is 12.4 Å². The third-order valence-electron chi connectivity index (χ3n) is 3.12. The van der Waals surface area contributed by atoms with Gasteiger partial charge < -0.3 is 5.32 Å². The first-order valence-corrected chi connectivity index (χ1v) is 6.40. The minimum atomic E-state index is -0.122. The highest BCUT2D eigenvalue weighted by Crippen LogP contribution is 2.18. The summed E-state index contributed by atoms with van der Waals surface area (Å²) in [5, 5.41) is 2.89. The van der Waals surface area contributed by atoms with Gasteiger partial charge in [-0.1, -0.05) is 26.0 Å². The molecular weight excluding hydrogens is 236 g/mol. The molecule has 1 aromatic carbocycles. The number of benzene rings is 1. The van der Waals surface area contributed by atoms with Crippen LogP contribution in [0.5, 0.6) is 0 Å². The third kappa shape index (κ3) is 3.19. The molecule has 0 aliphatic rings. The van der Waals surface area contributed by atoms with Crippen LogP contribution in [0.15, 0.2) is 42.7 Å². The van der Waals surface area contributed by atoms with Crippen molar-refractivity contribution < 1.29 is 4.79 Å². The molecule has 0 bridgehead atoms. The second-order valence-electron chi connectivity index (χ2n) is 4.92. The number of hydrogen-bond donors (Lipinski definition) is 1. The Morgan fingerprint density at radius 3 is 2.42 bits per heavy atom. The van der Waals surface area contributed by atoms with E-state index >= 15 is 0 Å². The maximum atomic E-state index is 12.1. The zero-order chi connectivity index (χ0) is 13.8. The summed E-state index contributed by atoms with van der Waals surface area (Å²) in [6.45, 7) is 6.19. The van der Waals surface area contributed by atoms with Crippen molar-refractivity contribution in [3.63, 3.8) is 0 Å². The number of carbonyl (C=O) groups excluding carboxylic acids is 1. The van der Waals surface area contributed by atoms with E-state index in [2.05, 4.69) is 24.1 Å². The van der Waals surface area contributed by atoms with Gasteiger partial charge in [0.15, 0.2) is 0 Å². The van der Waals surface area contributed by atoms with E-state index in [4.69, 9.17) is 0 Å². The van der Waals surface area contributed by atoms with Crippen molar-refractivity contribution in [3.05, 3.63) is 59.4 Å². The van der Waals surface area contributed by atoms with Crippen molar-refractivity contribution in [1.82, 2.24) is 4.98 Å². The molecule has 0 fully saturated rings. The number of amides is 1. The van der Waals surface area contributed by atoms with Gasteiger partial charge in [-0.15, -0.1) is 0 Å². The van der Waals surface area contributed by atoms with Crippen LogP contribution in [0.2, 0.25) is 0 Å². The van der Waals surface area contributed by atoms with Gasteiger partial charge in [-0.3, -0.25) is 9.78 Å². The summed E-state index contributed by atoms with van der Waals surface area (Å²) >= 11 is 0. The van der Waals surface area contributed by atoms with E-state index in [1.807, 2.05) is 37.3 Å². The summed E-state index contributed by atoms with van der Waals surface area (Å²) in [6.07, 6.45) is 3.27. The molecule has 1 N–H and O–H groups in total. The maximum absolute atomic E-state index is 12.1. The predicted molar refractivity (Wildman–Crippen MR) is 77.5 cm³/mol. The van der Waals surface area contributed by atoms with E-state index in [-0.39, 0.29) is 5.91 Å². The molecule has 19 heavy (non-hydrogen) atoms. The van der Waals surface area contributed by atoms with Crippen LogP contribution >= 0.6 is 0 Å². The van der Waals surface area contributed by atoms with Gasteiger partial charge in [-0.2, -0.15) is 0 Å². The Morgan fingerprint density at radius 1 is 1.16 bits per heavy atom. The first-order chi connectivity index (χ1) is 9.08. The SMILES string of the molecule is Cc1ccncc1C(=O)Nc1ccc(C(C)C)cc1. The highest BCUT2D eigenvalue weighted by atomic mass is 16.1. The predicted octanol–water partition coefficient (Wildman–Crippen LogP) is 3.77. The van der Waals surface area contributed by atoms with Gasteiger partial charge in [0.2, 0.25) is 0 Å². The van der Waals surface area contributed by atoms with Crippen LogP contribution in [0.25, 0.3) is 0 Å². The Bertz CT molecular complexity index is 574. The number of anilines is 1. The van der Waals surface area contributed by atoms with Crippen molar-refractivity contribution in [3.8, 4) is 0 Å². The Labute approximate surface area is 113 Å². The monoisotopic (exact) mass is 254 g/mol. The lowest BCUT2D eigenvalue weighted by Gasteiger charge is -2.09. The van der Waals surface area contributed by atoms with Gasteiger partial charge in [0.1, 0.15) is 0 Å². The molecule has 0 saturated carbocycles. The lowest BCUT2D eigenvalue weighted by atomic mass is 10.0. The van der Waals surface area contributed by atoms with E-state index < -0.39 is 0 Å². The largest absolute Gasteiger partial charge is 0.322 e. The number of pyridine rings is 1. The Balaban J connectivity index is 2.13. The molecular formula is C16H18N2O. The zero-order valence-electron chi connectivity index (χ0n) is 11.5. The first kappa shape index (κ1) is 13.3. The fourth-order valence-corrected chi connectivity index (χ4v) is 1.85. The van der Waals surface area contributed by atoms with Gasteiger partial charge in [0, 0.05) is 18.1 Å². The number of aryl methyl sites for hydroxylation is 1. The molecule has 0 saturated heterocycles. The summed E-state index contributed by atoms with van der Waals surface area (Å²) in [4.78, 5) is 16.1. The molecule has 0 aliphatic carbocycles. The van der Waals surface area contributed by atoms with Crippen molar-refractivity contribution >= 4 is 11.6 Å². The van der Waals surface area contributed by atoms with Gasteiger partial charge in [-0.25, -0.2) is 0 Å². The van der Waals surface area contributed by atoms with Crippen LogP contribution in [0.1, 0.15) is 41.3 Å². The van der Waals surface area contributed by atoms with Crippen LogP contribution in [0.4, 0.5) is 5.69 Å². The molecule has 0 spiro atoms. The fourth-order valence-electron chi connectivity index (χ4n) is 1.85. The zero-order valence-corrected chi connectivity index (χ0v) is 11.5. The van der Waals surface area contributed by atoms with Crippen LogP contribution in [0, 0.1) is 6.92 Å². The lowest BCUT2D eigenvalue weighted by molar-refractivity contribution is 0.102. The van der Waals surface area contributed by atoms with Gasteiger partial charge >= 0.3 is 0 Å². The number of nitrogens with one attached hydrogen (secondary N) is 1. The van der Waals surface area contributed by atoms with Crippen molar-refractivity contribution in [2.24, 2.45) is 0 Å². The van der Waals surface area contributed by atoms with Gasteiger partial charge in [0.25, 0.3) is 5.91 Å². The molecule has 98 valence electrons. The normalized spacial score (nSPS) is 10.5. The average Bonchev–Trinajstić information content (AvgIpc) is 2.39. The Kier molecular flexibility index (Phi) is 3.95. The average molecular weight is 254 g/mol. The standard InChI is InChI=1S/C16H18N2O/c1-11(2)13-4-6-14(7-5-13)18-16(19)15-10-17-9-8-12(15)3/h4-11H,1-3H3,(H,18,19). The minimum absolute atomic E-state index is 0.122. The topological polar surface area (TPSA) is 42.0 Å². The highest BCUT2D eigenvalue weighted by Gasteiger charge is 2.09. The van der Waals surface area contributed by atoms with Crippen molar-refractivity contribution in [2.45, 2.75) is 26.7 Å². The number of nitrogens with zero attached hydrogens (tertiary/aromatic N) is 1. The van der Waals surface area contributed by atoms with Crippen molar-refractivity contribution in [2.75, 3.05) is 5.32 Å². The number of carbonyl (C=O) groups is 1. The van der Waals surface area contributed by atoms with Crippen LogP contribution in [-0.2, 0) is 0 Å². The number of hydrogen-bond acceptors (Lipinski definition) is 2. The summed E-state index contributed by atoms with van der Waals surface area (Å²) in [5.41, 5.74) is 3.59. The van der Waals surface area contributed by atoms with Crippen LogP contribution in [-0.4, -0.2) is 10.9 Å². The Hall–Kier alpha value is -2.16. The lowest BCUT2D eigenvalue weighted by Crippen LogP contribution is -2.13. The van der Waals surface area contributed by atoms with Crippen LogP contribution < -0.4 is 5.32 Å². The molecule has 1 aromatic heterocycles. The van der Waals surface area contributed by atoms with Crippen LogP contribution in [0.3, 0.4) is 0 Å². The quantitative estimate of drug-likeness (QED) is 0.906. The van der Waals surface area contributed by atoms with Gasteiger partial charge in [-0.05, 0) is 42.2 Å². The maximum Gasteiger partial charge on any atom is 0.257 e. The molecule has 1 amide bonds. The summed E-state index contributed by atoms with van der Waals surface area (Å²) < 4.78 is 0. The summed E-state index contributed by atoms with van der Waals surface area (Å²) in [6, 6.07) is 9.77. The number of aromatic nitrogens is 1. The molecule has 0 aliphatic heterocycles. The highest BCUT2D eigenvalue weighted by molar-refractivity contribution is 6.05. The molecule has 0 radical (unpaired) electrons. The second-order valence-corrected chi connectivity index (χ2v) is 4.92. The third-order valence-corrected chi connectivity index (χ3v) is 3.12. The van der Waals surface area contributed by atoms with Crippen molar-refractivity contribution in [1.29, 1.82) is 0 Å². The van der Waals surface area contributed by atoms with E-state index in [1.165, 1.54) is 5.56 Å². The Morgan fingerprint density at radius 2 is 1.84 bits per heavy atom. The first-order valence-electron chi connectivity index (χ1n) is 6.40. The molecule has 0 unspecified atom stereocenters. The second kappa shape index (κ2) is 5.65. The van der Waals surface area contributed by atoms with E-state index in [9.17, 15) is 4.79 Å². The molecule has 2 aromatic rings. The van der Waals surface area contributed by atoms with Gasteiger partial charge in [0.05, 0.1) is 5.56 Å². The summed E-state index contributed by atoms with van der Waals surface area (Å²) in [5.74, 6) is 0.369. The molecule has 3 heteroatoms. The number of rotatable bonds is 3. The molecule has 3 nitrogen and oxygen atoms in total. The van der Waals surface area contributed by atoms with E-state index in [0.29, 0.717) is 11.5 Å². The fraction of sp³-hybridized carbons (Fsp3) is 0.250.